The van der Waals surface area contributed by atoms with Gasteiger partial charge in [-0.1, -0.05) is 38.8 Å². The van der Waals surface area contributed by atoms with Crippen molar-refractivity contribution in [1.82, 2.24) is 0 Å². The second-order valence-electron chi connectivity index (χ2n) is 7.46. The van der Waals surface area contributed by atoms with Crippen molar-refractivity contribution in [3.05, 3.63) is 29.8 Å². The predicted octanol–water partition coefficient (Wildman–Crippen LogP) is 4.87. The van der Waals surface area contributed by atoms with E-state index in [1.807, 2.05) is 12.1 Å². The third-order valence-electron chi connectivity index (χ3n) is 5.00. The Bertz CT molecular complexity index is 470. The molecule has 0 amide bonds. The second-order valence-corrected chi connectivity index (χ2v) is 7.46. The molecule has 0 bridgehead atoms. The van der Waals surface area contributed by atoms with Gasteiger partial charge in [0.1, 0.15) is 5.75 Å². The van der Waals surface area contributed by atoms with E-state index in [1.165, 1.54) is 25.7 Å². The minimum atomic E-state index is -0.356. The summed E-state index contributed by atoms with van der Waals surface area (Å²) in [5, 5.41) is 11.0. The van der Waals surface area contributed by atoms with Gasteiger partial charge in [-0.3, -0.25) is 0 Å². The molecular formula is C19H28O2. The molecule has 0 radical (unpaired) electrons. The summed E-state index contributed by atoms with van der Waals surface area (Å²) >= 11 is 0. The maximum absolute atomic E-state index is 11.0. The van der Waals surface area contributed by atoms with Gasteiger partial charge in [0.25, 0.3) is 0 Å². The van der Waals surface area contributed by atoms with E-state index in [4.69, 9.17) is 4.74 Å². The smallest absolute Gasteiger partial charge is 0.120 e. The molecule has 3 rings (SSSR count). The normalized spacial score (nSPS) is 22.5. The highest BCUT2D eigenvalue weighted by atomic mass is 16.5. The van der Waals surface area contributed by atoms with Crippen molar-refractivity contribution in [2.75, 3.05) is 0 Å². The molecular weight excluding hydrogens is 260 g/mol. The standard InChI is InChI=1S/C19H28O2/c1-14(2)13-19(10-3-4-11-19)18(20)15-6-5-7-17(12-15)21-16-8-9-16/h5-7,12,14,16,18,20H,3-4,8-11,13H2,1-2H3. The van der Waals surface area contributed by atoms with Crippen molar-refractivity contribution in [2.24, 2.45) is 11.3 Å². The fraction of sp³-hybridized carbons (Fsp3) is 0.684. The number of hydrogen-bond acceptors (Lipinski definition) is 2. The third kappa shape index (κ3) is 3.42. The van der Waals surface area contributed by atoms with Crippen LogP contribution in [-0.4, -0.2) is 11.2 Å². The predicted molar refractivity (Wildman–Crippen MR) is 85.4 cm³/mol. The maximum atomic E-state index is 11.0. The Morgan fingerprint density at radius 1 is 1.24 bits per heavy atom. The van der Waals surface area contributed by atoms with Crippen LogP contribution in [-0.2, 0) is 0 Å². The summed E-state index contributed by atoms with van der Waals surface area (Å²) in [6.45, 7) is 4.53. The summed E-state index contributed by atoms with van der Waals surface area (Å²) in [5.41, 5.74) is 1.11. The minimum absolute atomic E-state index is 0.0758. The quantitative estimate of drug-likeness (QED) is 0.809. The molecule has 1 aromatic carbocycles. The SMILES string of the molecule is CC(C)CC1(C(O)c2cccc(OC3CC3)c2)CCCC1. The number of aliphatic hydroxyl groups excluding tert-OH is 1. The summed E-state index contributed by atoms with van der Waals surface area (Å²) in [7, 11) is 0. The van der Waals surface area contributed by atoms with Crippen LogP contribution in [0.15, 0.2) is 24.3 Å². The lowest BCUT2D eigenvalue weighted by Gasteiger charge is -2.36. The molecule has 2 fully saturated rings. The second kappa shape index (κ2) is 6.00. The first-order valence-corrected chi connectivity index (χ1v) is 8.54. The molecule has 2 heteroatoms. The largest absolute Gasteiger partial charge is 0.490 e. The fourth-order valence-corrected chi connectivity index (χ4v) is 3.97. The van der Waals surface area contributed by atoms with Crippen LogP contribution in [0.4, 0.5) is 0 Å². The van der Waals surface area contributed by atoms with Gasteiger partial charge in [0.2, 0.25) is 0 Å². The van der Waals surface area contributed by atoms with E-state index in [-0.39, 0.29) is 11.5 Å². The Hall–Kier alpha value is -1.02. The van der Waals surface area contributed by atoms with Crippen LogP contribution in [0.5, 0.6) is 5.75 Å². The molecule has 2 aliphatic rings. The highest BCUT2D eigenvalue weighted by Gasteiger charge is 2.41. The zero-order chi connectivity index (χ0) is 14.9. The molecule has 116 valence electrons. The van der Waals surface area contributed by atoms with Crippen molar-refractivity contribution < 1.29 is 9.84 Å². The van der Waals surface area contributed by atoms with Gasteiger partial charge in [-0.25, -0.2) is 0 Å². The first-order chi connectivity index (χ1) is 10.1. The first kappa shape index (κ1) is 14.9. The summed E-state index contributed by atoms with van der Waals surface area (Å²) < 4.78 is 5.88. The molecule has 2 aliphatic carbocycles. The zero-order valence-electron chi connectivity index (χ0n) is 13.3. The number of hydrogen-bond donors (Lipinski definition) is 1. The van der Waals surface area contributed by atoms with Gasteiger partial charge in [0, 0.05) is 5.41 Å². The Morgan fingerprint density at radius 3 is 2.57 bits per heavy atom. The van der Waals surface area contributed by atoms with Gasteiger partial charge in [0.15, 0.2) is 0 Å². The van der Waals surface area contributed by atoms with Gasteiger partial charge >= 0.3 is 0 Å². The molecule has 0 aliphatic heterocycles. The lowest BCUT2D eigenvalue weighted by atomic mass is 9.72. The molecule has 0 aromatic heterocycles. The number of aliphatic hydroxyl groups is 1. The molecule has 0 spiro atoms. The molecule has 1 unspecified atom stereocenters. The van der Waals surface area contributed by atoms with E-state index in [1.54, 1.807) is 0 Å². The van der Waals surface area contributed by atoms with E-state index < -0.39 is 0 Å². The summed E-state index contributed by atoms with van der Waals surface area (Å²) in [6, 6.07) is 8.15. The molecule has 0 heterocycles. The summed E-state index contributed by atoms with van der Waals surface area (Å²) in [4.78, 5) is 0. The van der Waals surface area contributed by atoms with Gasteiger partial charge in [0.05, 0.1) is 12.2 Å². The molecule has 1 aromatic rings. The number of ether oxygens (including phenoxy) is 1. The van der Waals surface area contributed by atoms with Gasteiger partial charge in [-0.2, -0.15) is 0 Å². The van der Waals surface area contributed by atoms with Crippen molar-refractivity contribution in [1.29, 1.82) is 0 Å². The van der Waals surface area contributed by atoms with Gasteiger partial charge < -0.3 is 9.84 Å². The van der Waals surface area contributed by atoms with E-state index in [0.29, 0.717) is 12.0 Å². The highest BCUT2D eigenvalue weighted by Crippen LogP contribution is 2.51. The average molecular weight is 288 g/mol. The number of benzene rings is 1. The van der Waals surface area contributed by atoms with Crippen molar-refractivity contribution in [2.45, 2.75) is 71.0 Å². The average Bonchev–Trinajstić information content (AvgIpc) is 3.14. The minimum Gasteiger partial charge on any atom is -0.490 e. The third-order valence-corrected chi connectivity index (χ3v) is 5.00. The Labute approximate surface area is 128 Å². The van der Waals surface area contributed by atoms with E-state index >= 15 is 0 Å². The lowest BCUT2D eigenvalue weighted by Crippen LogP contribution is -2.27. The van der Waals surface area contributed by atoms with Crippen LogP contribution in [0.1, 0.15) is 70.5 Å². The first-order valence-electron chi connectivity index (χ1n) is 8.54. The Kier molecular flexibility index (Phi) is 4.26. The van der Waals surface area contributed by atoms with E-state index in [9.17, 15) is 5.11 Å². The molecule has 0 saturated heterocycles. The van der Waals surface area contributed by atoms with Crippen molar-refractivity contribution in [3.63, 3.8) is 0 Å². The summed E-state index contributed by atoms with van der Waals surface area (Å²) in [5.74, 6) is 1.55. The maximum Gasteiger partial charge on any atom is 0.120 e. The molecule has 1 N–H and O–H groups in total. The van der Waals surface area contributed by atoms with Crippen LogP contribution in [0.25, 0.3) is 0 Å². The van der Waals surface area contributed by atoms with Crippen LogP contribution < -0.4 is 4.74 Å². The topological polar surface area (TPSA) is 29.5 Å². The molecule has 2 saturated carbocycles. The number of rotatable bonds is 6. The van der Waals surface area contributed by atoms with Crippen LogP contribution in [0, 0.1) is 11.3 Å². The van der Waals surface area contributed by atoms with Gasteiger partial charge in [-0.05, 0) is 55.7 Å². The van der Waals surface area contributed by atoms with Crippen LogP contribution in [0.2, 0.25) is 0 Å². The van der Waals surface area contributed by atoms with Crippen LogP contribution >= 0.6 is 0 Å². The van der Waals surface area contributed by atoms with E-state index in [0.717, 1.165) is 30.6 Å². The monoisotopic (exact) mass is 288 g/mol. The molecule has 2 nitrogen and oxygen atoms in total. The summed E-state index contributed by atoms with van der Waals surface area (Å²) in [6.07, 6.45) is 8.32. The van der Waals surface area contributed by atoms with E-state index in [2.05, 4.69) is 26.0 Å². The van der Waals surface area contributed by atoms with Crippen molar-refractivity contribution >= 4 is 0 Å². The lowest BCUT2D eigenvalue weighted by molar-refractivity contribution is 0.0110. The van der Waals surface area contributed by atoms with Crippen molar-refractivity contribution in [3.8, 4) is 5.75 Å². The van der Waals surface area contributed by atoms with Gasteiger partial charge in [-0.15, -0.1) is 0 Å². The van der Waals surface area contributed by atoms with Crippen LogP contribution in [0.3, 0.4) is 0 Å². The highest BCUT2D eigenvalue weighted by molar-refractivity contribution is 5.31. The molecule has 1 atom stereocenters. The molecule has 21 heavy (non-hydrogen) atoms. The Balaban J connectivity index is 1.79. The Morgan fingerprint density at radius 2 is 1.95 bits per heavy atom. The zero-order valence-corrected chi connectivity index (χ0v) is 13.3. The fourth-order valence-electron chi connectivity index (χ4n) is 3.97.